The zero-order valence-electron chi connectivity index (χ0n) is 5.00. The molecule has 1 N–H and O–H groups in total. The van der Waals surface area contributed by atoms with Gasteiger partial charge in [0.25, 0.3) is 5.95 Å². The second-order valence-electron chi connectivity index (χ2n) is 2.45. The van der Waals surface area contributed by atoms with Gasteiger partial charge in [0.15, 0.2) is 0 Å². The van der Waals surface area contributed by atoms with Crippen LogP contribution < -0.4 is 0 Å². The summed E-state index contributed by atoms with van der Waals surface area (Å²) >= 11 is 0. The van der Waals surface area contributed by atoms with Crippen LogP contribution in [0.15, 0.2) is 16.5 Å². The van der Waals surface area contributed by atoms with Crippen molar-refractivity contribution in [1.82, 2.24) is 0 Å². The third-order valence-corrected chi connectivity index (χ3v) is 1.59. The first-order valence-electron chi connectivity index (χ1n) is 3.15. The molecule has 0 radical (unpaired) electrons. The zero-order chi connectivity index (χ0) is 6.27. The van der Waals surface area contributed by atoms with Crippen LogP contribution in [-0.4, -0.2) is 5.11 Å². The lowest BCUT2D eigenvalue weighted by molar-refractivity contribution is 0.319. The molecule has 1 saturated carbocycles. The first-order chi connectivity index (χ1) is 4.36. The largest absolute Gasteiger partial charge is 0.481 e. The minimum Gasteiger partial charge on any atom is -0.481 e. The van der Waals surface area contributed by atoms with Crippen LogP contribution >= 0.6 is 0 Å². The van der Waals surface area contributed by atoms with Crippen LogP contribution in [0.3, 0.4) is 0 Å². The van der Waals surface area contributed by atoms with Crippen LogP contribution in [0, 0.1) is 0 Å². The summed E-state index contributed by atoms with van der Waals surface area (Å²) in [6.07, 6.45) is 2.43. The molecule has 48 valence electrons. The van der Waals surface area contributed by atoms with Crippen LogP contribution in [-0.2, 0) is 0 Å². The van der Waals surface area contributed by atoms with E-state index in [0.717, 1.165) is 5.76 Å². The Morgan fingerprint density at radius 1 is 1.44 bits per heavy atom. The number of aromatic hydroxyl groups is 1. The lowest BCUT2D eigenvalue weighted by atomic mass is 10.3. The molecule has 0 amide bonds. The summed E-state index contributed by atoms with van der Waals surface area (Å²) in [6.45, 7) is 0. The minimum atomic E-state index is 0.0388. The molecule has 0 saturated heterocycles. The Morgan fingerprint density at radius 2 is 2.22 bits per heavy atom. The summed E-state index contributed by atoms with van der Waals surface area (Å²) in [5.74, 6) is 1.58. The summed E-state index contributed by atoms with van der Waals surface area (Å²) in [5, 5.41) is 8.76. The average Bonchev–Trinajstić information content (AvgIpc) is 2.58. The normalized spacial score (nSPS) is 18.2. The third kappa shape index (κ3) is 0.803. The molecular weight excluding hydrogens is 116 g/mol. The van der Waals surface area contributed by atoms with Gasteiger partial charge in [0.1, 0.15) is 5.76 Å². The molecule has 1 aliphatic rings. The summed E-state index contributed by atoms with van der Waals surface area (Å²) in [6, 6.07) is 3.43. The lowest BCUT2D eigenvalue weighted by Crippen LogP contribution is -1.66. The summed E-state index contributed by atoms with van der Waals surface area (Å²) in [4.78, 5) is 0. The molecule has 1 aromatic rings. The van der Waals surface area contributed by atoms with Crippen LogP contribution in [0.2, 0.25) is 0 Å². The van der Waals surface area contributed by atoms with Crippen molar-refractivity contribution in [2.75, 3.05) is 0 Å². The van der Waals surface area contributed by atoms with Crippen molar-refractivity contribution in [3.8, 4) is 5.95 Å². The van der Waals surface area contributed by atoms with Gasteiger partial charge in [-0.25, -0.2) is 0 Å². The van der Waals surface area contributed by atoms with E-state index in [1.807, 2.05) is 6.07 Å². The predicted octanol–water partition coefficient (Wildman–Crippen LogP) is 1.86. The first kappa shape index (κ1) is 4.91. The number of hydrogen-bond donors (Lipinski definition) is 1. The Labute approximate surface area is 53.1 Å². The fourth-order valence-electron chi connectivity index (χ4n) is 0.929. The zero-order valence-corrected chi connectivity index (χ0v) is 5.00. The highest BCUT2D eigenvalue weighted by Gasteiger charge is 2.26. The van der Waals surface area contributed by atoms with E-state index < -0.39 is 0 Å². The molecule has 9 heavy (non-hydrogen) atoms. The van der Waals surface area contributed by atoms with Gasteiger partial charge in [-0.3, -0.25) is 0 Å². The Morgan fingerprint density at radius 3 is 2.67 bits per heavy atom. The number of rotatable bonds is 1. The molecule has 2 heteroatoms. The Kier molecular flexibility index (Phi) is 0.835. The second kappa shape index (κ2) is 1.53. The smallest absolute Gasteiger partial charge is 0.281 e. The molecule has 0 unspecified atom stereocenters. The molecule has 0 bridgehead atoms. The van der Waals surface area contributed by atoms with Crippen LogP contribution in [0.5, 0.6) is 5.95 Å². The molecule has 2 rings (SSSR count). The van der Waals surface area contributed by atoms with Gasteiger partial charge in [0.2, 0.25) is 0 Å². The highest BCUT2D eigenvalue weighted by Crippen LogP contribution is 2.41. The molecule has 1 aromatic heterocycles. The van der Waals surface area contributed by atoms with Gasteiger partial charge in [0, 0.05) is 12.0 Å². The SMILES string of the molecule is Oc1ccc(C2CC2)o1. The van der Waals surface area contributed by atoms with Crippen molar-refractivity contribution in [3.63, 3.8) is 0 Å². The lowest BCUT2D eigenvalue weighted by Gasteiger charge is -1.84. The van der Waals surface area contributed by atoms with Crippen molar-refractivity contribution in [2.24, 2.45) is 0 Å². The van der Waals surface area contributed by atoms with Crippen LogP contribution in [0.4, 0.5) is 0 Å². The molecule has 1 aliphatic carbocycles. The van der Waals surface area contributed by atoms with Crippen molar-refractivity contribution in [3.05, 3.63) is 17.9 Å². The standard InChI is InChI=1S/C7H8O2/c8-7-4-3-6(9-7)5-1-2-5/h3-5,8H,1-2H2. The van der Waals surface area contributed by atoms with E-state index in [1.54, 1.807) is 6.07 Å². The fraction of sp³-hybridized carbons (Fsp3) is 0.429. The minimum absolute atomic E-state index is 0.0388. The van der Waals surface area contributed by atoms with Crippen molar-refractivity contribution in [2.45, 2.75) is 18.8 Å². The molecule has 0 atom stereocenters. The number of furan rings is 1. The summed E-state index contributed by atoms with van der Waals surface area (Å²) < 4.78 is 4.96. The number of hydrogen-bond acceptors (Lipinski definition) is 2. The summed E-state index contributed by atoms with van der Waals surface area (Å²) in [7, 11) is 0. The van der Waals surface area contributed by atoms with Crippen molar-refractivity contribution in [1.29, 1.82) is 0 Å². The van der Waals surface area contributed by atoms with Gasteiger partial charge in [0.05, 0.1) is 0 Å². The Hall–Kier alpha value is -0.920. The van der Waals surface area contributed by atoms with Gasteiger partial charge in [-0.05, 0) is 18.9 Å². The average molecular weight is 124 g/mol. The van der Waals surface area contributed by atoms with Gasteiger partial charge < -0.3 is 9.52 Å². The van der Waals surface area contributed by atoms with E-state index in [4.69, 9.17) is 9.52 Å². The van der Waals surface area contributed by atoms with Gasteiger partial charge in [-0.2, -0.15) is 0 Å². The molecule has 0 aromatic carbocycles. The summed E-state index contributed by atoms with van der Waals surface area (Å²) in [5.41, 5.74) is 0. The highest BCUT2D eigenvalue weighted by molar-refractivity contribution is 5.17. The molecule has 1 heterocycles. The molecule has 1 fully saturated rings. The topological polar surface area (TPSA) is 33.4 Å². The van der Waals surface area contributed by atoms with E-state index in [0.29, 0.717) is 5.92 Å². The van der Waals surface area contributed by atoms with E-state index in [-0.39, 0.29) is 5.95 Å². The molecular formula is C7H8O2. The van der Waals surface area contributed by atoms with Crippen LogP contribution in [0.25, 0.3) is 0 Å². The van der Waals surface area contributed by atoms with Gasteiger partial charge in [-0.15, -0.1) is 0 Å². The Balaban J connectivity index is 2.28. The fourth-order valence-corrected chi connectivity index (χ4v) is 0.929. The predicted molar refractivity (Wildman–Crippen MR) is 32.3 cm³/mol. The quantitative estimate of drug-likeness (QED) is 0.619. The van der Waals surface area contributed by atoms with E-state index in [1.165, 1.54) is 12.8 Å². The molecule has 0 spiro atoms. The van der Waals surface area contributed by atoms with E-state index in [2.05, 4.69) is 0 Å². The van der Waals surface area contributed by atoms with E-state index >= 15 is 0 Å². The monoisotopic (exact) mass is 124 g/mol. The highest BCUT2D eigenvalue weighted by atomic mass is 16.5. The van der Waals surface area contributed by atoms with Gasteiger partial charge in [-0.1, -0.05) is 0 Å². The Bertz CT molecular complexity index is 210. The maximum absolute atomic E-state index is 8.76. The van der Waals surface area contributed by atoms with Crippen molar-refractivity contribution < 1.29 is 9.52 Å². The van der Waals surface area contributed by atoms with Crippen LogP contribution in [0.1, 0.15) is 24.5 Å². The maximum atomic E-state index is 8.76. The molecule has 2 nitrogen and oxygen atoms in total. The second-order valence-corrected chi connectivity index (χ2v) is 2.45. The maximum Gasteiger partial charge on any atom is 0.281 e. The molecule has 0 aliphatic heterocycles. The third-order valence-electron chi connectivity index (χ3n) is 1.59. The first-order valence-corrected chi connectivity index (χ1v) is 3.15. The van der Waals surface area contributed by atoms with Crippen molar-refractivity contribution >= 4 is 0 Å². The van der Waals surface area contributed by atoms with Gasteiger partial charge >= 0.3 is 0 Å². The van der Waals surface area contributed by atoms with E-state index in [9.17, 15) is 0 Å².